The molecule has 3 rings (SSSR count). The highest BCUT2D eigenvalue weighted by Gasteiger charge is 2.11. The van der Waals surface area contributed by atoms with Gasteiger partial charge >= 0.3 is 0 Å². The maximum atomic E-state index is 12.3. The number of nitrogens with one attached hydrogen (secondary N) is 2. The molecule has 0 aliphatic carbocycles. The lowest BCUT2D eigenvalue weighted by Crippen LogP contribution is -2.41. The number of rotatable bonds is 6. The zero-order valence-electron chi connectivity index (χ0n) is 16.1. The second-order valence-electron chi connectivity index (χ2n) is 6.73. The summed E-state index contributed by atoms with van der Waals surface area (Å²) in [5.41, 5.74) is 8.85. The van der Waals surface area contributed by atoms with Gasteiger partial charge in [-0.1, -0.05) is 72.3 Å². The first-order valence-electron chi connectivity index (χ1n) is 9.37. The van der Waals surface area contributed by atoms with E-state index in [9.17, 15) is 14.4 Å². The number of hydrazine groups is 1. The molecule has 5 nitrogen and oxygen atoms in total. The maximum Gasteiger partial charge on any atom is 0.269 e. The van der Waals surface area contributed by atoms with Gasteiger partial charge in [0.25, 0.3) is 5.91 Å². The molecule has 0 bridgehead atoms. The van der Waals surface area contributed by atoms with E-state index < -0.39 is 11.8 Å². The van der Waals surface area contributed by atoms with E-state index in [1.54, 1.807) is 24.3 Å². The van der Waals surface area contributed by atoms with Crippen LogP contribution in [0.3, 0.4) is 0 Å². The fourth-order valence-corrected chi connectivity index (χ4v) is 2.82. The van der Waals surface area contributed by atoms with E-state index in [1.807, 2.05) is 61.5 Å². The summed E-state index contributed by atoms with van der Waals surface area (Å²) in [5.74, 6) is -0.939. The quantitative estimate of drug-likeness (QED) is 0.495. The van der Waals surface area contributed by atoms with Crippen LogP contribution in [0.2, 0.25) is 0 Å². The normalized spacial score (nSPS) is 10.2. The number of aryl methyl sites for hydroxylation is 1. The molecule has 0 saturated carbocycles. The van der Waals surface area contributed by atoms with Crippen LogP contribution >= 0.6 is 0 Å². The number of hydrogen-bond acceptors (Lipinski definition) is 3. The van der Waals surface area contributed by atoms with Crippen LogP contribution in [0.1, 0.15) is 39.1 Å². The number of ketones is 1. The third-order valence-corrected chi connectivity index (χ3v) is 4.52. The summed E-state index contributed by atoms with van der Waals surface area (Å²) < 4.78 is 0. The molecule has 2 amide bonds. The molecule has 0 aliphatic heterocycles. The number of carbonyl (C=O) groups excluding carboxylic acids is 3. The van der Waals surface area contributed by atoms with Gasteiger partial charge in [-0.3, -0.25) is 25.2 Å². The fourth-order valence-electron chi connectivity index (χ4n) is 2.82. The van der Waals surface area contributed by atoms with Crippen molar-refractivity contribution >= 4 is 17.6 Å². The minimum absolute atomic E-state index is 0.00650. The predicted molar refractivity (Wildman–Crippen MR) is 112 cm³/mol. The minimum atomic E-state index is -0.417. The zero-order chi connectivity index (χ0) is 20.6. The molecule has 0 heterocycles. The Bertz CT molecular complexity index is 995. The second kappa shape index (κ2) is 9.46. The number of hydrogen-bond donors (Lipinski definition) is 2. The van der Waals surface area contributed by atoms with Crippen molar-refractivity contribution in [3.05, 3.63) is 95.6 Å². The first-order chi connectivity index (χ1) is 14.0. The van der Waals surface area contributed by atoms with Crippen LogP contribution in [0.5, 0.6) is 0 Å². The summed E-state index contributed by atoms with van der Waals surface area (Å²) in [6.07, 6.45) is 0.0599. The Labute approximate surface area is 169 Å². The van der Waals surface area contributed by atoms with Gasteiger partial charge in [0, 0.05) is 24.0 Å². The van der Waals surface area contributed by atoms with Crippen LogP contribution < -0.4 is 10.9 Å². The highest BCUT2D eigenvalue weighted by molar-refractivity contribution is 5.99. The molecule has 3 aromatic rings. The van der Waals surface area contributed by atoms with Gasteiger partial charge in [0.05, 0.1) is 0 Å². The Morgan fingerprint density at radius 2 is 1.24 bits per heavy atom. The van der Waals surface area contributed by atoms with E-state index in [2.05, 4.69) is 10.9 Å². The summed E-state index contributed by atoms with van der Waals surface area (Å²) in [7, 11) is 0. The van der Waals surface area contributed by atoms with Crippen LogP contribution in [0.4, 0.5) is 0 Å². The third kappa shape index (κ3) is 5.62. The Morgan fingerprint density at radius 3 is 1.90 bits per heavy atom. The van der Waals surface area contributed by atoms with Crippen molar-refractivity contribution in [2.45, 2.75) is 19.8 Å². The Balaban J connectivity index is 1.46. The highest BCUT2D eigenvalue weighted by Crippen LogP contribution is 2.19. The molecule has 0 fully saturated rings. The standard InChI is InChI=1S/C24H22N2O3/c1-17-7-9-21(10-8-17)24(29)26-25-23(28)16-15-22(27)20-13-11-19(12-14-20)18-5-3-2-4-6-18/h2-14H,15-16H2,1H3,(H,25,28)(H,26,29). The number of benzene rings is 3. The largest absolute Gasteiger partial charge is 0.294 e. The fraction of sp³-hybridized carbons (Fsp3) is 0.125. The van der Waals surface area contributed by atoms with Crippen molar-refractivity contribution in [1.82, 2.24) is 10.9 Å². The predicted octanol–water partition coefficient (Wildman–Crippen LogP) is 4.09. The first-order valence-corrected chi connectivity index (χ1v) is 9.37. The van der Waals surface area contributed by atoms with Gasteiger partial charge in [-0.25, -0.2) is 0 Å². The molecule has 0 atom stereocenters. The zero-order valence-corrected chi connectivity index (χ0v) is 16.1. The van der Waals surface area contributed by atoms with Gasteiger partial charge in [0.1, 0.15) is 0 Å². The van der Waals surface area contributed by atoms with Crippen molar-refractivity contribution in [2.24, 2.45) is 0 Å². The van der Waals surface area contributed by atoms with Gasteiger partial charge in [0.15, 0.2) is 5.78 Å². The van der Waals surface area contributed by atoms with Crippen molar-refractivity contribution in [3.63, 3.8) is 0 Å². The summed E-state index contributed by atoms with van der Waals surface area (Å²) >= 11 is 0. The van der Waals surface area contributed by atoms with Crippen LogP contribution in [0.15, 0.2) is 78.9 Å². The van der Waals surface area contributed by atoms with E-state index in [0.717, 1.165) is 16.7 Å². The molecule has 0 aliphatic rings. The lowest BCUT2D eigenvalue weighted by molar-refractivity contribution is -0.121. The molecule has 29 heavy (non-hydrogen) atoms. The summed E-state index contributed by atoms with van der Waals surface area (Å²) in [5, 5.41) is 0. The summed E-state index contributed by atoms with van der Waals surface area (Å²) in [6.45, 7) is 1.93. The summed E-state index contributed by atoms with van der Waals surface area (Å²) in [6, 6.07) is 24.2. The lowest BCUT2D eigenvalue weighted by atomic mass is 10.0. The van der Waals surface area contributed by atoms with Gasteiger partial charge in [0.2, 0.25) is 5.91 Å². The molecule has 3 aromatic carbocycles. The molecule has 2 N–H and O–H groups in total. The monoisotopic (exact) mass is 386 g/mol. The minimum Gasteiger partial charge on any atom is -0.294 e. The van der Waals surface area contributed by atoms with Crippen LogP contribution in [-0.4, -0.2) is 17.6 Å². The Hall–Kier alpha value is -3.73. The van der Waals surface area contributed by atoms with Crippen LogP contribution in [0, 0.1) is 6.92 Å². The first kappa shape index (κ1) is 20.0. The topological polar surface area (TPSA) is 75.3 Å². The van der Waals surface area contributed by atoms with Crippen LogP contribution in [-0.2, 0) is 4.79 Å². The van der Waals surface area contributed by atoms with E-state index in [4.69, 9.17) is 0 Å². The highest BCUT2D eigenvalue weighted by atomic mass is 16.2. The molecule has 0 radical (unpaired) electrons. The third-order valence-electron chi connectivity index (χ3n) is 4.52. The maximum absolute atomic E-state index is 12.3. The molecule has 5 heteroatoms. The molecule has 0 spiro atoms. The lowest BCUT2D eigenvalue weighted by Gasteiger charge is -2.08. The SMILES string of the molecule is Cc1ccc(C(=O)NNC(=O)CCC(=O)c2ccc(-c3ccccc3)cc2)cc1. The average Bonchev–Trinajstić information content (AvgIpc) is 2.77. The smallest absolute Gasteiger partial charge is 0.269 e. The average molecular weight is 386 g/mol. The van der Waals surface area contributed by atoms with Crippen molar-refractivity contribution in [2.75, 3.05) is 0 Å². The van der Waals surface area contributed by atoms with Crippen molar-refractivity contribution < 1.29 is 14.4 Å². The molecule has 146 valence electrons. The number of amides is 2. The molecular weight excluding hydrogens is 364 g/mol. The number of Topliss-reactive ketones (excluding diaryl/α,β-unsaturated/α-hetero) is 1. The van der Waals surface area contributed by atoms with Gasteiger partial charge in [-0.15, -0.1) is 0 Å². The van der Waals surface area contributed by atoms with Gasteiger partial charge in [-0.2, -0.15) is 0 Å². The number of carbonyl (C=O) groups is 3. The van der Waals surface area contributed by atoms with Gasteiger partial charge < -0.3 is 0 Å². The van der Waals surface area contributed by atoms with E-state index in [1.165, 1.54) is 0 Å². The van der Waals surface area contributed by atoms with Crippen molar-refractivity contribution in [1.29, 1.82) is 0 Å². The van der Waals surface area contributed by atoms with Gasteiger partial charge in [-0.05, 0) is 30.2 Å². The second-order valence-corrected chi connectivity index (χ2v) is 6.73. The molecular formula is C24H22N2O3. The van der Waals surface area contributed by atoms with E-state index in [-0.39, 0.29) is 18.6 Å². The summed E-state index contributed by atoms with van der Waals surface area (Å²) in [4.78, 5) is 36.2. The van der Waals surface area contributed by atoms with E-state index >= 15 is 0 Å². The Morgan fingerprint density at radius 1 is 0.655 bits per heavy atom. The molecule has 0 unspecified atom stereocenters. The molecule has 0 aromatic heterocycles. The molecule has 0 saturated heterocycles. The Kier molecular flexibility index (Phi) is 6.53. The van der Waals surface area contributed by atoms with Crippen LogP contribution in [0.25, 0.3) is 11.1 Å². The van der Waals surface area contributed by atoms with E-state index in [0.29, 0.717) is 11.1 Å². The van der Waals surface area contributed by atoms with Crippen molar-refractivity contribution in [3.8, 4) is 11.1 Å².